The molecular weight excluding hydrogens is 292 g/mol. The fourth-order valence-corrected chi connectivity index (χ4v) is 3.49. The Morgan fingerprint density at radius 2 is 2.30 bits per heavy atom. The fourth-order valence-electron chi connectivity index (χ4n) is 1.90. The van der Waals surface area contributed by atoms with Gasteiger partial charge in [0, 0.05) is 11.4 Å². The van der Waals surface area contributed by atoms with E-state index in [2.05, 4.69) is 31.3 Å². The largest absolute Gasteiger partial charge is 0.349 e. The van der Waals surface area contributed by atoms with Gasteiger partial charge in [-0.15, -0.1) is 16.4 Å². The number of carbonyl (C=O) groups is 1. The van der Waals surface area contributed by atoms with Gasteiger partial charge in [0.25, 0.3) is 5.91 Å². The van der Waals surface area contributed by atoms with Gasteiger partial charge in [-0.3, -0.25) is 4.79 Å². The number of amides is 1. The van der Waals surface area contributed by atoms with Crippen molar-refractivity contribution in [3.05, 3.63) is 33.0 Å². The minimum atomic E-state index is -0.0831. The normalized spacial score (nSPS) is 12.6. The quantitative estimate of drug-likeness (QED) is 0.888. The molecule has 0 radical (unpaired) electrons. The molecule has 0 aromatic carbocycles. The highest BCUT2D eigenvalue weighted by atomic mass is 32.1. The van der Waals surface area contributed by atoms with Crippen molar-refractivity contribution in [1.29, 1.82) is 0 Å². The summed E-state index contributed by atoms with van der Waals surface area (Å²) in [5.74, 6) is -0.0831. The number of aryl methyl sites for hydroxylation is 1. The van der Waals surface area contributed by atoms with E-state index in [1.165, 1.54) is 4.88 Å². The SMILES string of the molecule is CCc1nnsc1C(=O)NCC(c1cccs1)N(C)C. The van der Waals surface area contributed by atoms with E-state index in [1.807, 2.05) is 27.1 Å². The van der Waals surface area contributed by atoms with E-state index in [4.69, 9.17) is 0 Å². The van der Waals surface area contributed by atoms with Gasteiger partial charge in [-0.2, -0.15) is 0 Å². The Hall–Kier alpha value is -1.31. The zero-order valence-electron chi connectivity index (χ0n) is 11.8. The van der Waals surface area contributed by atoms with Gasteiger partial charge in [-0.25, -0.2) is 0 Å². The fraction of sp³-hybridized carbons (Fsp3) is 0.462. The first-order valence-electron chi connectivity index (χ1n) is 6.42. The van der Waals surface area contributed by atoms with Gasteiger partial charge in [0.05, 0.1) is 11.7 Å². The van der Waals surface area contributed by atoms with Crippen LogP contribution in [0.15, 0.2) is 17.5 Å². The monoisotopic (exact) mass is 310 g/mol. The molecule has 1 N–H and O–H groups in total. The first-order valence-corrected chi connectivity index (χ1v) is 8.08. The van der Waals surface area contributed by atoms with E-state index in [1.54, 1.807) is 11.3 Å². The summed E-state index contributed by atoms with van der Waals surface area (Å²) in [5, 5.41) is 9.00. The van der Waals surface area contributed by atoms with Crippen molar-refractivity contribution in [3.63, 3.8) is 0 Å². The molecule has 7 heteroatoms. The molecule has 0 bridgehead atoms. The molecule has 0 saturated carbocycles. The van der Waals surface area contributed by atoms with Gasteiger partial charge in [-0.1, -0.05) is 17.5 Å². The lowest BCUT2D eigenvalue weighted by Gasteiger charge is -2.23. The number of likely N-dealkylation sites (N-methyl/N-ethyl adjacent to an activating group) is 1. The van der Waals surface area contributed by atoms with Gasteiger partial charge >= 0.3 is 0 Å². The average molecular weight is 310 g/mol. The van der Waals surface area contributed by atoms with E-state index in [0.717, 1.165) is 23.6 Å². The molecule has 2 heterocycles. The lowest BCUT2D eigenvalue weighted by atomic mass is 10.2. The van der Waals surface area contributed by atoms with Crippen molar-refractivity contribution in [3.8, 4) is 0 Å². The Kier molecular flexibility index (Phi) is 5.22. The number of carbonyl (C=O) groups excluding carboxylic acids is 1. The second-order valence-electron chi connectivity index (χ2n) is 4.61. The van der Waals surface area contributed by atoms with Crippen LogP contribution in [0.1, 0.15) is 33.2 Å². The predicted molar refractivity (Wildman–Crippen MR) is 82.4 cm³/mol. The number of hydrogen-bond donors (Lipinski definition) is 1. The minimum absolute atomic E-state index is 0.0831. The molecule has 2 aromatic heterocycles. The predicted octanol–water partition coefficient (Wildman–Crippen LogP) is 2.19. The van der Waals surface area contributed by atoms with Crippen LogP contribution in [-0.2, 0) is 6.42 Å². The Labute approximate surface area is 126 Å². The topological polar surface area (TPSA) is 58.1 Å². The van der Waals surface area contributed by atoms with Crippen LogP contribution in [0.4, 0.5) is 0 Å². The van der Waals surface area contributed by atoms with Gasteiger partial charge < -0.3 is 10.2 Å². The summed E-state index contributed by atoms with van der Waals surface area (Å²) in [7, 11) is 4.03. The second-order valence-corrected chi connectivity index (χ2v) is 6.34. The Balaban J connectivity index is 2.01. The van der Waals surface area contributed by atoms with Crippen LogP contribution in [-0.4, -0.2) is 41.0 Å². The molecule has 0 saturated heterocycles. The molecule has 0 aliphatic carbocycles. The molecule has 0 fully saturated rings. The Morgan fingerprint density at radius 3 is 2.90 bits per heavy atom. The number of nitrogens with zero attached hydrogens (tertiary/aromatic N) is 3. The van der Waals surface area contributed by atoms with Gasteiger partial charge in [0.1, 0.15) is 4.88 Å². The molecule has 0 aliphatic rings. The van der Waals surface area contributed by atoms with E-state index in [0.29, 0.717) is 11.4 Å². The Morgan fingerprint density at radius 1 is 1.50 bits per heavy atom. The van der Waals surface area contributed by atoms with Crippen molar-refractivity contribution < 1.29 is 4.79 Å². The average Bonchev–Trinajstić information content (AvgIpc) is 3.09. The van der Waals surface area contributed by atoms with Crippen molar-refractivity contribution in [2.75, 3.05) is 20.6 Å². The summed E-state index contributed by atoms with van der Waals surface area (Å²) < 4.78 is 3.85. The highest BCUT2D eigenvalue weighted by Crippen LogP contribution is 2.22. The molecule has 1 amide bonds. The highest BCUT2D eigenvalue weighted by molar-refractivity contribution is 7.10. The van der Waals surface area contributed by atoms with E-state index < -0.39 is 0 Å². The standard InChI is InChI=1S/C13H18N4OS2/c1-4-9-12(20-16-15-9)13(18)14-8-10(17(2)3)11-6-5-7-19-11/h5-7,10H,4,8H2,1-3H3,(H,14,18). The highest BCUT2D eigenvalue weighted by Gasteiger charge is 2.19. The minimum Gasteiger partial charge on any atom is -0.349 e. The van der Waals surface area contributed by atoms with Gasteiger partial charge in [0.2, 0.25) is 0 Å². The van der Waals surface area contributed by atoms with Crippen molar-refractivity contribution >= 4 is 28.8 Å². The van der Waals surface area contributed by atoms with Crippen LogP contribution in [0, 0.1) is 0 Å². The third-order valence-corrected chi connectivity index (χ3v) is 4.79. The zero-order valence-corrected chi connectivity index (χ0v) is 13.4. The molecule has 0 aliphatic heterocycles. The molecule has 0 spiro atoms. The summed E-state index contributed by atoms with van der Waals surface area (Å²) in [4.78, 5) is 16.2. The van der Waals surface area contributed by atoms with Crippen molar-refractivity contribution in [2.45, 2.75) is 19.4 Å². The number of thiophene rings is 1. The molecule has 1 unspecified atom stereocenters. The smallest absolute Gasteiger partial charge is 0.265 e. The van der Waals surface area contributed by atoms with Crippen LogP contribution in [0.3, 0.4) is 0 Å². The van der Waals surface area contributed by atoms with Crippen LogP contribution in [0.25, 0.3) is 0 Å². The molecular formula is C13H18N4OS2. The first kappa shape index (κ1) is 15.1. The van der Waals surface area contributed by atoms with Crippen molar-refractivity contribution in [1.82, 2.24) is 19.8 Å². The van der Waals surface area contributed by atoms with Crippen LogP contribution >= 0.6 is 22.9 Å². The maximum Gasteiger partial charge on any atom is 0.265 e. The second kappa shape index (κ2) is 6.92. The van der Waals surface area contributed by atoms with Crippen LogP contribution < -0.4 is 5.32 Å². The molecule has 5 nitrogen and oxygen atoms in total. The van der Waals surface area contributed by atoms with Crippen LogP contribution in [0.5, 0.6) is 0 Å². The van der Waals surface area contributed by atoms with E-state index >= 15 is 0 Å². The molecule has 108 valence electrons. The summed E-state index contributed by atoms with van der Waals surface area (Å²) in [6.45, 7) is 2.55. The molecule has 1 atom stereocenters. The van der Waals surface area contributed by atoms with Crippen molar-refractivity contribution in [2.24, 2.45) is 0 Å². The number of hydrogen-bond acceptors (Lipinski definition) is 6. The zero-order chi connectivity index (χ0) is 14.5. The maximum absolute atomic E-state index is 12.2. The summed E-state index contributed by atoms with van der Waals surface area (Å²) in [5.41, 5.74) is 0.769. The van der Waals surface area contributed by atoms with E-state index in [-0.39, 0.29) is 11.9 Å². The molecule has 2 rings (SSSR count). The summed E-state index contributed by atoms with van der Waals surface area (Å²) in [6.07, 6.45) is 0.723. The first-order chi connectivity index (χ1) is 9.63. The van der Waals surface area contributed by atoms with E-state index in [9.17, 15) is 4.79 Å². The Bertz CT molecular complexity index is 550. The number of nitrogens with one attached hydrogen (secondary N) is 1. The summed E-state index contributed by atoms with van der Waals surface area (Å²) in [6, 6.07) is 4.30. The lowest BCUT2D eigenvalue weighted by Crippen LogP contribution is -2.34. The van der Waals surface area contributed by atoms with Crippen LogP contribution in [0.2, 0.25) is 0 Å². The molecule has 20 heavy (non-hydrogen) atoms. The number of rotatable bonds is 6. The third-order valence-electron chi connectivity index (χ3n) is 3.05. The van der Waals surface area contributed by atoms with Gasteiger partial charge in [0.15, 0.2) is 0 Å². The maximum atomic E-state index is 12.2. The number of aromatic nitrogens is 2. The lowest BCUT2D eigenvalue weighted by molar-refractivity contribution is 0.0945. The van der Waals surface area contributed by atoms with Gasteiger partial charge in [-0.05, 0) is 43.5 Å². The molecule has 2 aromatic rings. The summed E-state index contributed by atoms with van der Waals surface area (Å²) >= 11 is 2.86. The third kappa shape index (κ3) is 3.41.